The number of carboxylic acids is 1. The maximum atomic E-state index is 9.99. The second-order valence-electron chi connectivity index (χ2n) is 2.34. The fourth-order valence-corrected chi connectivity index (χ4v) is 0.531. The van der Waals surface area contributed by atoms with E-state index in [-0.39, 0.29) is 6.42 Å². The highest BCUT2D eigenvalue weighted by Gasteiger charge is 2.10. The highest BCUT2D eigenvalue weighted by atomic mass is 16.4. The molecular formula is C6H13NO3. The molecule has 4 nitrogen and oxygen atoms in total. The first-order valence-electron chi connectivity index (χ1n) is 3.19. The molecule has 0 aromatic heterocycles. The van der Waals surface area contributed by atoms with Gasteiger partial charge in [-0.1, -0.05) is 0 Å². The molecule has 0 saturated carbocycles. The third-order valence-electron chi connectivity index (χ3n) is 1.31. The molecule has 60 valence electrons. The number of carbonyl (C=O) groups is 1. The van der Waals surface area contributed by atoms with Gasteiger partial charge in [-0.15, -0.1) is 0 Å². The average molecular weight is 147 g/mol. The van der Waals surface area contributed by atoms with Crippen LogP contribution >= 0.6 is 0 Å². The van der Waals surface area contributed by atoms with Gasteiger partial charge in [0.25, 0.3) is 0 Å². The first-order chi connectivity index (χ1) is 4.54. The summed E-state index contributed by atoms with van der Waals surface area (Å²) >= 11 is 0. The number of hydrogen-bond acceptors (Lipinski definition) is 3. The third-order valence-corrected chi connectivity index (χ3v) is 1.31. The summed E-state index contributed by atoms with van der Waals surface area (Å²) in [7, 11) is 0. The van der Waals surface area contributed by atoms with Gasteiger partial charge >= 0.3 is 5.97 Å². The van der Waals surface area contributed by atoms with Crippen molar-refractivity contribution in [3.05, 3.63) is 0 Å². The normalized spacial score (nSPS) is 16.3. The molecule has 0 aliphatic carbocycles. The summed E-state index contributed by atoms with van der Waals surface area (Å²) in [6, 6.07) is -0.420. The minimum Gasteiger partial charge on any atom is -0.481 e. The van der Waals surface area contributed by atoms with Crippen molar-refractivity contribution >= 4 is 5.97 Å². The summed E-state index contributed by atoms with van der Waals surface area (Å²) in [5.41, 5.74) is 5.35. The molecule has 2 atom stereocenters. The Kier molecular flexibility index (Phi) is 3.99. The molecule has 4 N–H and O–H groups in total. The van der Waals surface area contributed by atoms with Gasteiger partial charge in [-0.2, -0.15) is 0 Å². The minimum atomic E-state index is -0.879. The van der Waals surface area contributed by atoms with Gasteiger partial charge in [0.1, 0.15) is 0 Å². The van der Waals surface area contributed by atoms with Crippen LogP contribution in [0.15, 0.2) is 0 Å². The van der Waals surface area contributed by atoms with Crippen LogP contribution in [-0.4, -0.2) is 28.3 Å². The molecule has 0 spiro atoms. The number of aliphatic carboxylic acids is 1. The molecule has 0 rings (SSSR count). The first kappa shape index (κ1) is 9.39. The van der Waals surface area contributed by atoms with Crippen LogP contribution in [-0.2, 0) is 4.79 Å². The van der Waals surface area contributed by atoms with Crippen LogP contribution in [0.3, 0.4) is 0 Å². The van der Waals surface area contributed by atoms with Crippen molar-refractivity contribution in [1.29, 1.82) is 0 Å². The fourth-order valence-electron chi connectivity index (χ4n) is 0.531. The molecule has 0 aliphatic rings. The molecule has 4 heteroatoms. The largest absolute Gasteiger partial charge is 0.481 e. The van der Waals surface area contributed by atoms with E-state index in [1.54, 1.807) is 6.92 Å². The molecule has 0 saturated heterocycles. The predicted octanol–water partition coefficient (Wildman–Crippen LogP) is -0.441. The van der Waals surface area contributed by atoms with E-state index >= 15 is 0 Å². The lowest BCUT2D eigenvalue weighted by molar-refractivity contribution is -0.137. The number of aliphatic hydroxyl groups is 1. The number of nitrogens with two attached hydrogens (primary N) is 1. The van der Waals surface area contributed by atoms with Gasteiger partial charge in [0.15, 0.2) is 0 Å². The lowest BCUT2D eigenvalue weighted by Crippen LogP contribution is -2.32. The maximum absolute atomic E-state index is 9.99. The Morgan fingerprint density at radius 3 is 2.50 bits per heavy atom. The van der Waals surface area contributed by atoms with E-state index in [0.29, 0.717) is 6.42 Å². The van der Waals surface area contributed by atoms with Crippen molar-refractivity contribution in [2.24, 2.45) is 5.73 Å². The van der Waals surface area contributed by atoms with E-state index < -0.39 is 18.1 Å². The highest BCUT2D eigenvalue weighted by Crippen LogP contribution is 1.98. The lowest BCUT2D eigenvalue weighted by atomic mass is 10.1. The molecule has 0 bridgehead atoms. The smallest absolute Gasteiger partial charge is 0.303 e. The van der Waals surface area contributed by atoms with Crippen LogP contribution in [0.2, 0.25) is 0 Å². The molecule has 0 heterocycles. The molecule has 0 unspecified atom stereocenters. The Bertz CT molecular complexity index is 114. The zero-order chi connectivity index (χ0) is 8.15. The van der Waals surface area contributed by atoms with Crippen LogP contribution < -0.4 is 5.73 Å². The van der Waals surface area contributed by atoms with Gasteiger partial charge in [-0.25, -0.2) is 0 Å². The molecule has 0 aromatic carbocycles. The Morgan fingerprint density at radius 2 is 2.20 bits per heavy atom. The number of aliphatic hydroxyl groups excluding tert-OH is 1. The zero-order valence-electron chi connectivity index (χ0n) is 5.95. The van der Waals surface area contributed by atoms with E-state index in [0.717, 1.165) is 0 Å². The summed E-state index contributed by atoms with van der Waals surface area (Å²) in [4.78, 5) is 9.99. The summed E-state index contributed by atoms with van der Waals surface area (Å²) in [6.07, 6.45) is -0.279. The van der Waals surface area contributed by atoms with E-state index in [4.69, 9.17) is 15.9 Å². The van der Waals surface area contributed by atoms with Gasteiger partial charge in [-0.05, 0) is 13.3 Å². The van der Waals surface area contributed by atoms with Crippen molar-refractivity contribution in [3.8, 4) is 0 Å². The number of hydrogen-bond donors (Lipinski definition) is 3. The maximum Gasteiger partial charge on any atom is 0.303 e. The van der Waals surface area contributed by atoms with Crippen LogP contribution in [0.4, 0.5) is 0 Å². The Hall–Kier alpha value is -0.610. The van der Waals surface area contributed by atoms with E-state index in [2.05, 4.69) is 0 Å². The highest BCUT2D eigenvalue weighted by molar-refractivity contribution is 5.66. The number of carboxylic acid groups (broad SMARTS) is 1. The van der Waals surface area contributed by atoms with Crippen molar-refractivity contribution in [3.63, 3.8) is 0 Å². The lowest BCUT2D eigenvalue weighted by Gasteiger charge is -2.12. The second kappa shape index (κ2) is 4.24. The van der Waals surface area contributed by atoms with E-state index in [1.807, 2.05) is 0 Å². The first-order valence-corrected chi connectivity index (χ1v) is 3.19. The summed E-state index contributed by atoms with van der Waals surface area (Å²) in [6.45, 7) is 1.55. The quantitative estimate of drug-likeness (QED) is 0.503. The zero-order valence-corrected chi connectivity index (χ0v) is 5.95. The minimum absolute atomic E-state index is 0.0199. The molecule has 0 aromatic rings. The Balaban J connectivity index is 3.39. The van der Waals surface area contributed by atoms with Crippen molar-refractivity contribution in [2.75, 3.05) is 0 Å². The van der Waals surface area contributed by atoms with Crippen molar-refractivity contribution in [1.82, 2.24) is 0 Å². The van der Waals surface area contributed by atoms with E-state index in [9.17, 15) is 4.79 Å². The Morgan fingerprint density at radius 1 is 1.70 bits per heavy atom. The fraction of sp³-hybridized carbons (Fsp3) is 0.833. The number of rotatable bonds is 4. The van der Waals surface area contributed by atoms with Gasteiger partial charge in [0.05, 0.1) is 6.10 Å². The Labute approximate surface area is 59.7 Å². The molecular weight excluding hydrogens is 134 g/mol. The monoisotopic (exact) mass is 147 g/mol. The van der Waals surface area contributed by atoms with Crippen LogP contribution in [0.25, 0.3) is 0 Å². The summed E-state index contributed by atoms with van der Waals surface area (Å²) < 4.78 is 0. The van der Waals surface area contributed by atoms with Crippen LogP contribution in [0.5, 0.6) is 0 Å². The van der Waals surface area contributed by atoms with Gasteiger partial charge < -0.3 is 15.9 Å². The summed E-state index contributed by atoms with van der Waals surface area (Å²) in [5.74, 6) is -0.879. The summed E-state index contributed by atoms with van der Waals surface area (Å²) in [5, 5.41) is 17.0. The van der Waals surface area contributed by atoms with E-state index in [1.165, 1.54) is 0 Å². The van der Waals surface area contributed by atoms with Gasteiger partial charge in [0.2, 0.25) is 0 Å². The molecule has 0 fully saturated rings. The molecule has 10 heavy (non-hydrogen) atoms. The van der Waals surface area contributed by atoms with Crippen LogP contribution in [0.1, 0.15) is 19.8 Å². The standard InChI is InChI=1S/C6H13NO3/c1-4(8)5(7)2-3-6(9)10/h4-5,8H,2-3,7H2,1H3,(H,9,10)/t4-,5+/m1/s1. The predicted molar refractivity (Wildman–Crippen MR) is 36.5 cm³/mol. The average Bonchev–Trinajstić information content (AvgIpc) is 1.82. The van der Waals surface area contributed by atoms with Crippen LogP contribution in [0, 0.1) is 0 Å². The second-order valence-corrected chi connectivity index (χ2v) is 2.34. The molecule has 0 radical (unpaired) electrons. The van der Waals surface area contributed by atoms with Gasteiger partial charge in [-0.3, -0.25) is 4.79 Å². The molecule has 0 amide bonds. The van der Waals surface area contributed by atoms with Crippen molar-refractivity contribution < 1.29 is 15.0 Å². The third kappa shape index (κ3) is 4.29. The molecule has 0 aliphatic heterocycles. The SMILES string of the molecule is C[C@@H](O)[C@@H](N)CCC(=O)O. The van der Waals surface area contributed by atoms with Gasteiger partial charge in [0, 0.05) is 12.5 Å². The van der Waals surface area contributed by atoms with Crippen molar-refractivity contribution in [2.45, 2.75) is 31.9 Å². The topological polar surface area (TPSA) is 83.5 Å².